The zero-order valence-electron chi connectivity index (χ0n) is 50.2. The molecule has 1 unspecified atom stereocenters. The van der Waals surface area contributed by atoms with Crippen molar-refractivity contribution in [2.24, 2.45) is 0 Å². The molecule has 0 saturated carbocycles. The Labute approximate surface area is 475 Å². The van der Waals surface area contributed by atoms with E-state index in [0.29, 0.717) is 19.3 Å². The highest BCUT2D eigenvalue weighted by atomic mass is 16.6. The van der Waals surface area contributed by atoms with Crippen molar-refractivity contribution in [1.82, 2.24) is 0 Å². The van der Waals surface area contributed by atoms with Crippen molar-refractivity contribution in [1.29, 1.82) is 0 Å². The molecule has 0 aliphatic carbocycles. The summed E-state index contributed by atoms with van der Waals surface area (Å²) in [5, 5.41) is 0. The highest BCUT2D eigenvalue weighted by molar-refractivity contribution is 5.71. The quantitative estimate of drug-likeness (QED) is 0.0261. The second kappa shape index (κ2) is 64.3. The van der Waals surface area contributed by atoms with E-state index in [9.17, 15) is 14.4 Å². The first-order chi connectivity index (χ1) is 38.0. The normalized spacial score (nSPS) is 12.9. The summed E-state index contributed by atoms with van der Waals surface area (Å²) in [6.07, 6.45) is 89.1. The van der Waals surface area contributed by atoms with Gasteiger partial charge in [-0.15, -0.1) is 0 Å². The third kappa shape index (κ3) is 62.5. The number of hydrogen-bond acceptors (Lipinski definition) is 6. The lowest BCUT2D eigenvalue weighted by molar-refractivity contribution is -0.167. The number of carbonyl (C=O) groups excluding carboxylic acids is 3. The third-order valence-electron chi connectivity index (χ3n) is 13.5. The standard InChI is InChI=1S/C71H118O6/c1-4-7-10-13-16-19-22-25-28-30-31-32-33-34-35-36-37-38-39-40-41-42-44-46-49-52-55-58-61-64-70(73)76-67-68(66-75-69(72)63-60-57-54-51-48-45-27-24-21-18-15-12-9-6-3)77-71(74)65-62-59-56-53-50-47-43-29-26-23-20-17-14-11-8-5-2/h7,10,16,19-20,23,25,28-29,31-32,34-35,37-38,40-41,43-44,46,68H,4-6,8-9,11-15,17-18,21-22,24,26-27,30,33,36,39,42,45,47-67H2,1-3H3/b10-7-,19-16-,23-20-,28-25-,32-31-,35-34-,38-37-,41-40-,43-29-,46-44-. The van der Waals surface area contributed by atoms with Crippen LogP contribution in [0.15, 0.2) is 122 Å². The SMILES string of the molecule is CC/C=C\C/C=C\C/C=C\C/C=C\C/C=C\C/C=C\C/C=C\C/C=C\CCCCCCC(=O)OCC(COC(=O)CCCCCCCCCCCCCCCC)OC(=O)CCCCCCC/C=C\C/C=C\CCCCCC. The molecule has 0 spiro atoms. The van der Waals surface area contributed by atoms with Crippen LogP contribution in [0.1, 0.15) is 290 Å². The first-order valence-corrected chi connectivity index (χ1v) is 32.0. The molecule has 6 nitrogen and oxygen atoms in total. The van der Waals surface area contributed by atoms with Crippen molar-refractivity contribution in [3.63, 3.8) is 0 Å². The van der Waals surface area contributed by atoms with Crippen LogP contribution in [-0.4, -0.2) is 37.2 Å². The van der Waals surface area contributed by atoms with Crippen molar-refractivity contribution < 1.29 is 28.6 Å². The minimum atomic E-state index is -0.798. The summed E-state index contributed by atoms with van der Waals surface area (Å²) < 4.78 is 16.9. The lowest BCUT2D eigenvalue weighted by Gasteiger charge is -2.18. The molecule has 0 amide bonds. The fourth-order valence-electron chi connectivity index (χ4n) is 8.67. The molecule has 438 valence electrons. The summed E-state index contributed by atoms with van der Waals surface area (Å²) in [5.74, 6) is -0.926. The Morgan fingerprint density at radius 3 is 0.805 bits per heavy atom. The molecular formula is C71H118O6. The van der Waals surface area contributed by atoms with Crippen LogP contribution in [0.2, 0.25) is 0 Å². The summed E-state index contributed by atoms with van der Waals surface area (Å²) in [5.41, 5.74) is 0. The van der Waals surface area contributed by atoms with E-state index in [4.69, 9.17) is 14.2 Å². The molecule has 0 aromatic heterocycles. The van der Waals surface area contributed by atoms with E-state index in [1.54, 1.807) is 0 Å². The predicted octanol–water partition coefficient (Wildman–Crippen LogP) is 22.0. The van der Waals surface area contributed by atoms with Gasteiger partial charge < -0.3 is 14.2 Å². The maximum absolute atomic E-state index is 12.9. The number of unbranched alkanes of at least 4 members (excludes halogenated alkanes) is 26. The van der Waals surface area contributed by atoms with Gasteiger partial charge in [0, 0.05) is 19.3 Å². The van der Waals surface area contributed by atoms with Crippen molar-refractivity contribution >= 4 is 17.9 Å². The van der Waals surface area contributed by atoms with E-state index in [-0.39, 0.29) is 31.1 Å². The van der Waals surface area contributed by atoms with E-state index < -0.39 is 6.10 Å². The number of allylic oxidation sites excluding steroid dienone is 20. The fourth-order valence-corrected chi connectivity index (χ4v) is 8.67. The number of ether oxygens (including phenoxy) is 3. The van der Waals surface area contributed by atoms with Gasteiger partial charge in [0.2, 0.25) is 0 Å². The summed E-state index contributed by atoms with van der Waals surface area (Å²) >= 11 is 0. The zero-order valence-corrected chi connectivity index (χ0v) is 50.2. The molecule has 0 rings (SSSR count). The second-order valence-electron chi connectivity index (χ2n) is 20.9. The molecule has 0 bridgehead atoms. The molecule has 1 atom stereocenters. The monoisotopic (exact) mass is 1070 g/mol. The summed E-state index contributed by atoms with van der Waals surface area (Å²) in [4.78, 5) is 38.3. The smallest absolute Gasteiger partial charge is 0.306 e. The van der Waals surface area contributed by atoms with Gasteiger partial charge in [-0.05, 0) is 116 Å². The van der Waals surface area contributed by atoms with Gasteiger partial charge in [-0.3, -0.25) is 14.4 Å². The Morgan fingerprint density at radius 1 is 0.273 bits per heavy atom. The van der Waals surface area contributed by atoms with E-state index in [1.807, 2.05) is 0 Å². The number of hydrogen-bond donors (Lipinski definition) is 0. The summed E-state index contributed by atoms with van der Waals surface area (Å²) in [7, 11) is 0. The van der Waals surface area contributed by atoms with E-state index in [0.717, 1.165) is 148 Å². The Bertz CT molecular complexity index is 1600. The molecule has 0 heterocycles. The van der Waals surface area contributed by atoms with E-state index in [1.165, 1.54) is 103 Å². The van der Waals surface area contributed by atoms with Crippen molar-refractivity contribution in [3.05, 3.63) is 122 Å². The number of rotatable bonds is 57. The minimum absolute atomic E-state index is 0.0918. The van der Waals surface area contributed by atoms with Gasteiger partial charge in [0.1, 0.15) is 13.2 Å². The average Bonchev–Trinajstić information content (AvgIpc) is 3.43. The Kier molecular flexibility index (Phi) is 60.8. The molecule has 0 saturated heterocycles. The molecule has 0 aromatic rings. The highest BCUT2D eigenvalue weighted by Gasteiger charge is 2.19. The van der Waals surface area contributed by atoms with Crippen molar-refractivity contribution in [2.45, 2.75) is 297 Å². The summed E-state index contributed by atoms with van der Waals surface area (Å²) in [6, 6.07) is 0. The maximum Gasteiger partial charge on any atom is 0.306 e. The highest BCUT2D eigenvalue weighted by Crippen LogP contribution is 2.15. The first kappa shape index (κ1) is 72.8. The van der Waals surface area contributed by atoms with Crippen LogP contribution in [0.5, 0.6) is 0 Å². The molecule has 0 fully saturated rings. The molecule has 0 aliphatic heterocycles. The van der Waals surface area contributed by atoms with E-state index in [2.05, 4.69) is 142 Å². The molecule has 77 heavy (non-hydrogen) atoms. The van der Waals surface area contributed by atoms with Crippen LogP contribution in [0.25, 0.3) is 0 Å². The van der Waals surface area contributed by atoms with Crippen LogP contribution >= 0.6 is 0 Å². The molecule has 0 aromatic carbocycles. The Balaban J connectivity index is 4.40. The number of carbonyl (C=O) groups is 3. The first-order valence-electron chi connectivity index (χ1n) is 32.0. The molecule has 0 aliphatic rings. The van der Waals surface area contributed by atoms with E-state index >= 15 is 0 Å². The van der Waals surface area contributed by atoms with Gasteiger partial charge in [-0.25, -0.2) is 0 Å². The average molecular weight is 1070 g/mol. The van der Waals surface area contributed by atoms with Gasteiger partial charge in [-0.2, -0.15) is 0 Å². The molecular weight excluding hydrogens is 949 g/mol. The lowest BCUT2D eigenvalue weighted by Crippen LogP contribution is -2.30. The second-order valence-corrected chi connectivity index (χ2v) is 20.9. The largest absolute Gasteiger partial charge is 0.462 e. The predicted molar refractivity (Wildman–Crippen MR) is 334 cm³/mol. The summed E-state index contributed by atoms with van der Waals surface area (Å²) in [6.45, 7) is 6.49. The fraction of sp³-hybridized carbons (Fsp3) is 0.676. The molecule has 0 N–H and O–H groups in total. The Hall–Kier alpha value is -4.19. The van der Waals surface area contributed by atoms with Gasteiger partial charge in [0.05, 0.1) is 0 Å². The topological polar surface area (TPSA) is 78.9 Å². The van der Waals surface area contributed by atoms with Gasteiger partial charge >= 0.3 is 17.9 Å². The van der Waals surface area contributed by atoms with Crippen LogP contribution in [-0.2, 0) is 28.6 Å². The van der Waals surface area contributed by atoms with Crippen LogP contribution < -0.4 is 0 Å². The van der Waals surface area contributed by atoms with Crippen molar-refractivity contribution in [3.8, 4) is 0 Å². The van der Waals surface area contributed by atoms with Crippen LogP contribution in [0.4, 0.5) is 0 Å². The zero-order chi connectivity index (χ0) is 55.7. The van der Waals surface area contributed by atoms with Gasteiger partial charge in [-0.1, -0.05) is 277 Å². The van der Waals surface area contributed by atoms with Crippen LogP contribution in [0.3, 0.4) is 0 Å². The van der Waals surface area contributed by atoms with Crippen molar-refractivity contribution in [2.75, 3.05) is 13.2 Å². The lowest BCUT2D eigenvalue weighted by atomic mass is 10.0. The third-order valence-corrected chi connectivity index (χ3v) is 13.5. The number of esters is 3. The van der Waals surface area contributed by atoms with Gasteiger partial charge in [0.15, 0.2) is 6.10 Å². The maximum atomic E-state index is 12.9. The minimum Gasteiger partial charge on any atom is -0.462 e. The van der Waals surface area contributed by atoms with Crippen LogP contribution in [0, 0.1) is 0 Å². The molecule has 6 heteroatoms. The Morgan fingerprint density at radius 2 is 0.506 bits per heavy atom. The molecule has 0 radical (unpaired) electrons. The van der Waals surface area contributed by atoms with Gasteiger partial charge in [0.25, 0.3) is 0 Å².